The minimum Gasteiger partial charge on any atom is -0.465 e. The molecule has 0 heterocycles. The number of para-hydroxylation sites is 1. The van der Waals surface area contributed by atoms with Crippen molar-refractivity contribution in [2.24, 2.45) is 0 Å². The number of anilines is 3. The molecule has 2 N–H and O–H groups in total. The summed E-state index contributed by atoms with van der Waals surface area (Å²) < 4.78 is 18.2. The normalized spacial score (nSPS) is 10.2. The molecule has 2 aromatic carbocycles. The molecular weight excluding hydrogens is 271 g/mol. The lowest BCUT2D eigenvalue weighted by molar-refractivity contribution is 0.0601. The van der Waals surface area contributed by atoms with Crippen LogP contribution in [0.3, 0.4) is 0 Å². The van der Waals surface area contributed by atoms with E-state index in [1.54, 1.807) is 35.2 Å². The lowest BCUT2D eigenvalue weighted by atomic mass is 10.1. The molecule has 4 nitrogen and oxygen atoms in total. The Morgan fingerprint density at radius 1 is 1.29 bits per heavy atom. The van der Waals surface area contributed by atoms with Gasteiger partial charge in [-0.25, -0.2) is 9.18 Å². The zero-order valence-electron chi connectivity index (χ0n) is 12.0. The molecule has 0 spiro atoms. The van der Waals surface area contributed by atoms with E-state index in [2.05, 4.69) is 0 Å². The predicted octanol–water partition coefficient (Wildman–Crippen LogP) is 3.35. The highest BCUT2D eigenvalue weighted by Gasteiger charge is 2.20. The summed E-state index contributed by atoms with van der Waals surface area (Å²) in [6, 6.07) is 11.2. The molecule has 0 fully saturated rings. The van der Waals surface area contributed by atoms with E-state index in [-0.39, 0.29) is 5.82 Å². The minimum absolute atomic E-state index is 0.347. The summed E-state index contributed by atoms with van der Waals surface area (Å²) in [6.07, 6.45) is 0. The number of halogens is 1. The molecule has 0 saturated carbocycles. The van der Waals surface area contributed by atoms with E-state index in [1.165, 1.54) is 19.2 Å². The zero-order chi connectivity index (χ0) is 15.4. The first-order valence-electron chi connectivity index (χ1n) is 6.58. The molecule has 0 bridgehead atoms. The number of hydrogen-bond acceptors (Lipinski definition) is 4. The van der Waals surface area contributed by atoms with Crippen LogP contribution < -0.4 is 10.6 Å². The van der Waals surface area contributed by atoms with Crippen molar-refractivity contribution in [2.75, 3.05) is 24.3 Å². The van der Waals surface area contributed by atoms with Crippen molar-refractivity contribution in [3.05, 3.63) is 53.8 Å². The summed E-state index contributed by atoms with van der Waals surface area (Å²) in [7, 11) is 1.31. The number of benzene rings is 2. The van der Waals surface area contributed by atoms with E-state index in [0.29, 0.717) is 29.2 Å². The van der Waals surface area contributed by atoms with Gasteiger partial charge in [0.25, 0.3) is 0 Å². The molecule has 0 aliphatic heterocycles. The van der Waals surface area contributed by atoms with Crippen LogP contribution in [0, 0.1) is 5.82 Å². The van der Waals surface area contributed by atoms with Gasteiger partial charge in [-0.1, -0.05) is 12.1 Å². The third-order valence-corrected chi connectivity index (χ3v) is 3.18. The van der Waals surface area contributed by atoms with Crippen molar-refractivity contribution in [3.63, 3.8) is 0 Å². The molecule has 2 aromatic rings. The third kappa shape index (κ3) is 2.97. The molecule has 110 valence electrons. The Kier molecular flexibility index (Phi) is 4.42. The van der Waals surface area contributed by atoms with Crippen LogP contribution in [0.2, 0.25) is 0 Å². The molecule has 0 aliphatic carbocycles. The van der Waals surface area contributed by atoms with Gasteiger partial charge < -0.3 is 15.4 Å². The molecule has 21 heavy (non-hydrogen) atoms. The fourth-order valence-electron chi connectivity index (χ4n) is 2.25. The first-order valence-corrected chi connectivity index (χ1v) is 6.58. The highest BCUT2D eigenvalue weighted by atomic mass is 19.1. The number of ether oxygens (including phenoxy) is 1. The van der Waals surface area contributed by atoms with Crippen LogP contribution >= 0.6 is 0 Å². The maximum Gasteiger partial charge on any atom is 0.340 e. The monoisotopic (exact) mass is 288 g/mol. The summed E-state index contributed by atoms with van der Waals surface area (Å²) in [5, 5.41) is 0. The second kappa shape index (κ2) is 6.26. The first-order chi connectivity index (χ1) is 10.1. The second-order valence-corrected chi connectivity index (χ2v) is 4.46. The number of methoxy groups -OCH3 is 1. The molecule has 0 radical (unpaired) electrons. The fourth-order valence-corrected chi connectivity index (χ4v) is 2.25. The van der Waals surface area contributed by atoms with Gasteiger partial charge in [-0.3, -0.25) is 0 Å². The number of carbonyl (C=O) groups excluding carboxylic acids is 1. The van der Waals surface area contributed by atoms with Crippen molar-refractivity contribution < 1.29 is 13.9 Å². The number of esters is 1. The Balaban J connectivity index is 2.59. The van der Waals surface area contributed by atoms with E-state index in [0.717, 1.165) is 0 Å². The van der Waals surface area contributed by atoms with Gasteiger partial charge in [0.05, 0.1) is 24.0 Å². The molecule has 0 amide bonds. The van der Waals surface area contributed by atoms with Gasteiger partial charge in [-0.05, 0) is 37.3 Å². The molecule has 0 saturated heterocycles. The van der Waals surface area contributed by atoms with Crippen LogP contribution in [0.25, 0.3) is 0 Å². The van der Waals surface area contributed by atoms with Gasteiger partial charge in [-0.15, -0.1) is 0 Å². The van der Waals surface area contributed by atoms with E-state index in [4.69, 9.17) is 10.5 Å². The van der Waals surface area contributed by atoms with E-state index in [9.17, 15) is 9.18 Å². The maximum atomic E-state index is 13.5. The summed E-state index contributed by atoms with van der Waals surface area (Å²) in [5.74, 6) is -0.827. The molecule has 5 heteroatoms. The van der Waals surface area contributed by atoms with Crippen molar-refractivity contribution in [1.29, 1.82) is 0 Å². The Labute approximate surface area is 122 Å². The van der Waals surface area contributed by atoms with Crippen molar-refractivity contribution in [1.82, 2.24) is 0 Å². The molecule has 2 rings (SSSR count). The van der Waals surface area contributed by atoms with Crippen molar-refractivity contribution in [2.45, 2.75) is 6.92 Å². The minimum atomic E-state index is -0.479. The Morgan fingerprint density at radius 3 is 2.62 bits per heavy atom. The SMILES string of the molecule is CCN(c1cccc(F)c1)c1c(N)cccc1C(=O)OC. The molecule has 0 aliphatic rings. The highest BCUT2D eigenvalue weighted by Crippen LogP contribution is 2.34. The smallest absolute Gasteiger partial charge is 0.340 e. The van der Waals surface area contributed by atoms with Crippen molar-refractivity contribution in [3.8, 4) is 0 Å². The molecular formula is C16H17FN2O2. The highest BCUT2D eigenvalue weighted by molar-refractivity contribution is 6.00. The maximum absolute atomic E-state index is 13.5. The summed E-state index contributed by atoms with van der Waals surface area (Å²) >= 11 is 0. The summed E-state index contributed by atoms with van der Waals surface area (Å²) in [6.45, 7) is 2.43. The van der Waals surface area contributed by atoms with Crippen LogP contribution in [-0.4, -0.2) is 19.6 Å². The average Bonchev–Trinajstić information content (AvgIpc) is 2.49. The van der Waals surface area contributed by atoms with E-state index >= 15 is 0 Å². The number of nitrogens with two attached hydrogens (primary N) is 1. The summed E-state index contributed by atoms with van der Waals surface area (Å²) in [5.41, 5.74) is 7.96. The predicted molar refractivity (Wildman–Crippen MR) is 81.3 cm³/mol. The van der Waals surface area contributed by atoms with Gasteiger partial charge in [0.15, 0.2) is 0 Å². The lowest BCUT2D eigenvalue weighted by Crippen LogP contribution is -2.21. The Bertz CT molecular complexity index is 658. The van der Waals surface area contributed by atoms with Gasteiger partial charge in [0, 0.05) is 12.2 Å². The molecule has 0 atom stereocenters. The number of carbonyl (C=O) groups is 1. The van der Waals surface area contributed by atoms with Gasteiger partial charge in [-0.2, -0.15) is 0 Å². The Hall–Kier alpha value is -2.56. The fraction of sp³-hybridized carbons (Fsp3) is 0.188. The lowest BCUT2D eigenvalue weighted by Gasteiger charge is -2.26. The van der Waals surface area contributed by atoms with E-state index in [1.807, 2.05) is 6.92 Å². The first kappa shape index (κ1) is 14.8. The van der Waals surface area contributed by atoms with Crippen LogP contribution in [0.4, 0.5) is 21.5 Å². The van der Waals surface area contributed by atoms with Crippen LogP contribution in [0.5, 0.6) is 0 Å². The largest absolute Gasteiger partial charge is 0.465 e. The van der Waals surface area contributed by atoms with Gasteiger partial charge in [0.2, 0.25) is 0 Å². The second-order valence-electron chi connectivity index (χ2n) is 4.46. The number of nitrogen functional groups attached to an aromatic ring is 1. The topological polar surface area (TPSA) is 55.6 Å². The zero-order valence-corrected chi connectivity index (χ0v) is 12.0. The van der Waals surface area contributed by atoms with Crippen LogP contribution in [0.1, 0.15) is 17.3 Å². The number of hydrogen-bond donors (Lipinski definition) is 1. The Morgan fingerprint density at radius 2 is 2.00 bits per heavy atom. The van der Waals surface area contributed by atoms with Crippen molar-refractivity contribution >= 4 is 23.0 Å². The number of nitrogens with zero attached hydrogens (tertiary/aromatic N) is 1. The standard InChI is InChI=1S/C16H17FN2O2/c1-3-19(12-7-4-6-11(17)10-12)15-13(16(20)21-2)8-5-9-14(15)18/h4-10H,3,18H2,1-2H3. The van der Waals surface area contributed by atoms with Gasteiger partial charge in [0.1, 0.15) is 5.82 Å². The quantitative estimate of drug-likeness (QED) is 0.692. The number of rotatable bonds is 4. The van der Waals surface area contributed by atoms with Crippen LogP contribution in [-0.2, 0) is 4.74 Å². The molecule has 0 aromatic heterocycles. The average molecular weight is 288 g/mol. The third-order valence-electron chi connectivity index (χ3n) is 3.18. The summed E-state index contributed by atoms with van der Waals surface area (Å²) in [4.78, 5) is 13.7. The van der Waals surface area contributed by atoms with Gasteiger partial charge >= 0.3 is 5.97 Å². The van der Waals surface area contributed by atoms with Crippen LogP contribution in [0.15, 0.2) is 42.5 Å². The molecule has 0 unspecified atom stereocenters. The van der Waals surface area contributed by atoms with E-state index < -0.39 is 5.97 Å².